The minimum absolute atomic E-state index is 0.335. The van der Waals surface area contributed by atoms with Crippen molar-refractivity contribution < 1.29 is 4.42 Å². The van der Waals surface area contributed by atoms with E-state index in [9.17, 15) is 0 Å². The van der Waals surface area contributed by atoms with Gasteiger partial charge in [0.05, 0.1) is 11.9 Å². The molecule has 22 heavy (non-hydrogen) atoms. The third kappa shape index (κ3) is 2.52. The predicted octanol–water partition coefficient (Wildman–Crippen LogP) is 2.64. The summed E-state index contributed by atoms with van der Waals surface area (Å²) in [4.78, 5) is 6.85. The highest BCUT2D eigenvalue weighted by molar-refractivity contribution is 5.74. The minimum atomic E-state index is 0.335. The summed E-state index contributed by atoms with van der Waals surface area (Å²) in [5.74, 6) is 0. The third-order valence-electron chi connectivity index (χ3n) is 4.10. The maximum absolute atomic E-state index is 5.76. The summed E-state index contributed by atoms with van der Waals surface area (Å²) in [6, 6.07) is 8.78. The molecule has 114 valence electrons. The topological polar surface area (TPSA) is 59.1 Å². The Balaban J connectivity index is 1.48. The van der Waals surface area contributed by atoms with Crippen molar-refractivity contribution in [2.75, 3.05) is 23.3 Å². The highest BCUT2D eigenvalue weighted by atomic mass is 16.4. The summed E-state index contributed by atoms with van der Waals surface area (Å²) >= 11 is 0. The van der Waals surface area contributed by atoms with Crippen molar-refractivity contribution in [1.82, 2.24) is 14.8 Å². The highest BCUT2D eigenvalue weighted by Gasteiger charge is 2.22. The smallest absolute Gasteiger partial charge is 0.295 e. The number of hydrogen-bond donors (Lipinski definition) is 1. The molecular weight excluding hydrogens is 278 g/mol. The van der Waals surface area contributed by atoms with E-state index in [0.29, 0.717) is 12.1 Å². The molecule has 1 aliphatic heterocycles. The number of fused-ring (bicyclic) bond motifs is 1. The van der Waals surface area contributed by atoms with Crippen LogP contribution in [0.2, 0.25) is 0 Å². The molecule has 0 amide bonds. The number of aryl methyl sites for hydroxylation is 1. The molecule has 0 bridgehead atoms. The van der Waals surface area contributed by atoms with E-state index in [-0.39, 0.29) is 0 Å². The molecule has 1 fully saturated rings. The molecule has 1 aliphatic rings. The van der Waals surface area contributed by atoms with Gasteiger partial charge in [0, 0.05) is 32.4 Å². The summed E-state index contributed by atoms with van der Waals surface area (Å²) < 4.78 is 7.60. The Morgan fingerprint density at radius 3 is 3.05 bits per heavy atom. The third-order valence-corrected chi connectivity index (χ3v) is 4.10. The number of hydrogen-bond acceptors (Lipinski definition) is 5. The largest absolute Gasteiger partial charge is 0.424 e. The molecular formula is C16H19N5O. The van der Waals surface area contributed by atoms with E-state index in [4.69, 9.17) is 4.42 Å². The molecule has 0 saturated carbocycles. The number of benzene rings is 1. The lowest BCUT2D eigenvalue weighted by atomic mass is 10.1. The maximum atomic E-state index is 5.76. The fraction of sp³-hybridized carbons (Fsp3) is 0.375. The van der Waals surface area contributed by atoms with Gasteiger partial charge in [-0.3, -0.25) is 4.68 Å². The standard InChI is InChI=1S/C16H19N5O/c1-20-11-13(9-17-20)21-8-4-5-12(10-21)18-16-19-14-6-2-3-7-15(14)22-16/h2-3,6-7,9,11-12H,4-5,8,10H2,1H3,(H,18,19). The number of rotatable bonds is 3. The van der Waals surface area contributed by atoms with Crippen molar-refractivity contribution >= 4 is 22.8 Å². The number of piperidine rings is 1. The van der Waals surface area contributed by atoms with Gasteiger partial charge in [0.25, 0.3) is 6.01 Å². The van der Waals surface area contributed by atoms with E-state index in [2.05, 4.69) is 26.5 Å². The van der Waals surface area contributed by atoms with Gasteiger partial charge in [-0.25, -0.2) is 0 Å². The number of para-hydroxylation sites is 2. The second-order valence-electron chi connectivity index (χ2n) is 5.79. The van der Waals surface area contributed by atoms with Crippen molar-refractivity contribution in [2.24, 2.45) is 7.05 Å². The van der Waals surface area contributed by atoms with Crippen LogP contribution in [0.3, 0.4) is 0 Å². The lowest BCUT2D eigenvalue weighted by Gasteiger charge is -2.33. The van der Waals surface area contributed by atoms with Crippen LogP contribution in [0.5, 0.6) is 0 Å². The molecule has 0 aliphatic carbocycles. The Morgan fingerprint density at radius 2 is 2.23 bits per heavy atom. The van der Waals surface area contributed by atoms with Crippen LogP contribution >= 0.6 is 0 Å². The Hall–Kier alpha value is -2.50. The minimum Gasteiger partial charge on any atom is -0.424 e. The zero-order chi connectivity index (χ0) is 14.9. The number of aromatic nitrogens is 3. The van der Waals surface area contributed by atoms with Gasteiger partial charge in [0.15, 0.2) is 5.58 Å². The van der Waals surface area contributed by atoms with Gasteiger partial charge in [-0.2, -0.15) is 10.1 Å². The predicted molar refractivity (Wildman–Crippen MR) is 86.1 cm³/mol. The maximum Gasteiger partial charge on any atom is 0.295 e. The van der Waals surface area contributed by atoms with Crippen LogP contribution in [0.25, 0.3) is 11.1 Å². The molecule has 4 rings (SSSR count). The first-order valence-electron chi connectivity index (χ1n) is 7.64. The molecule has 6 nitrogen and oxygen atoms in total. The first-order chi connectivity index (χ1) is 10.8. The van der Waals surface area contributed by atoms with Crippen LogP contribution in [0, 0.1) is 0 Å². The average Bonchev–Trinajstić information content (AvgIpc) is 3.13. The Morgan fingerprint density at radius 1 is 1.32 bits per heavy atom. The second kappa shape index (κ2) is 5.36. The normalized spacial score (nSPS) is 18.8. The van der Waals surface area contributed by atoms with Gasteiger partial charge in [-0.15, -0.1) is 0 Å². The second-order valence-corrected chi connectivity index (χ2v) is 5.79. The molecule has 3 heterocycles. The number of oxazole rings is 1. The monoisotopic (exact) mass is 297 g/mol. The van der Waals surface area contributed by atoms with Gasteiger partial charge in [0.2, 0.25) is 0 Å². The van der Waals surface area contributed by atoms with Crippen LogP contribution < -0.4 is 10.2 Å². The lowest BCUT2D eigenvalue weighted by molar-refractivity contribution is 0.509. The van der Waals surface area contributed by atoms with Gasteiger partial charge in [-0.05, 0) is 25.0 Å². The molecule has 0 radical (unpaired) electrons. The van der Waals surface area contributed by atoms with E-state index < -0.39 is 0 Å². The van der Waals surface area contributed by atoms with Crippen molar-refractivity contribution in [1.29, 1.82) is 0 Å². The van der Waals surface area contributed by atoms with Crippen LogP contribution in [-0.4, -0.2) is 33.9 Å². The van der Waals surface area contributed by atoms with E-state index in [0.717, 1.165) is 37.0 Å². The first-order valence-corrected chi connectivity index (χ1v) is 7.64. The molecule has 6 heteroatoms. The summed E-state index contributed by atoms with van der Waals surface area (Å²) in [7, 11) is 1.95. The molecule has 2 aromatic heterocycles. The lowest BCUT2D eigenvalue weighted by Crippen LogP contribution is -2.42. The molecule has 3 aromatic rings. The van der Waals surface area contributed by atoms with E-state index >= 15 is 0 Å². The molecule has 1 atom stereocenters. The van der Waals surface area contributed by atoms with Gasteiger partial charge < -0.3 is 14.6 Å². The van der Waals surface area contributed by atoms with Crippen molar-refractivity contribution in [2.45, 2.75) is 18.9 Å². The molecule has 1 saturated heterocycles. The average molecular weight is 297 g/mol. The molecule has 0 spiro atoms. The van der Waals surface area contributed by atoms with Gasteiger partial charge in [-0.1, -0.05) is 12.1 Å². The summed E-state index contributed by atoms with van der Waals surface area (Å²) in [5.41, 5.74) is 2.89. The van der Waals surface area contributed by atoms with Crippen molar-refractivity contribution in [3.63, 3.8) is 0 Å². The van der Waals surface area contributed by atoms with E-state index in [1.807, 2.05) is 42.2 Å². The molecule has 1 aromatic carbocycles. The SMILES string of the molecule is Cn1cc(N2CCCC(Nc3nc4ccccc4o3)C2)cn1. The highest BCUT2D eigenvalue weighted by Crippen LogP contribution is 2.23. The van der Waals surface area contributed by atoms with Crippen LogP contribution in [0.1, 0.15) is 12.8 Å². The quantitative estimate of drug-likeness (QED) is 0.805. The number of nitrogens with zero attached hydrogens (tertiary/aromatic N) is 4. The Kier molecular flexibility index (Phi) is 3.21. The molecule has 1 N–H and O–H groups in total. The Labute approximate surface area is 128 Å². The van der Waals surface area contributed by atoms with Gasteiger partial charge in [0.1, 0.15) is 5.52 Å². The first kappa shape index (κ1) is 13.2. The summed E-state index contributed by atoms with van der Waals surface area (Å²) in [6.45, 7) is 2.00. The summed E-state index contributed by atoms with van der Waals surface area (Å²) in [5, 5.41) is 7.68. The van der Waals surface area contributed by atoms with Crippen LogP contribution in [-0.2, 0) is 7.05 Å². The fourth-order valence-corrected chi connectivity index (χ4v) is 3.01. The zero-order valence-corrected chi connectivity index (χ0v) is 12.6. The zero-order valence-electron chi connectivity index (χ0n) is 12.6. The van der Waals surface area contributed by atoms with E-state index in [1.165, 1.54) is 5.69 Å². The summed E-state index contributed by atoms with van der Waals surface area (Å²) in [6.07, 6.45) is 6.24. The van der Waals surface area contributed by atoms with Crippen LogP contribution in [0.4, 0.5) is 11.7 Å². The Bertz CT molecular complexity index is 745. The van der Waals surface area contributed by atoms with Crippen LogP contribution in [0.15, 0.2) is 41.1 Å². The number of nitrogens with one attached hydrogen (secondary N) is 1. The van der Waals surface area contributed by atoms with Gasteiger partial charge >= 0.3 is 0 Å². The molecule has 1 unspecified atom stereocenters. The van der Waals surface area contributed by atoms with E-state index in [1.54, 1.807) is 0 Å². The number of anilines is 2. The van der Waals surface area contributed by atoms with Crippen molar-refractivity contribution in [3.05, 3.63) is 36.7 Å². The fourth-order valence-electron chi connectivity index (χ4n) is 3.01. The van der Waals surface area contributed by atoms with Crippen molar-refractivity contribution in [3.8, 4) is 0 Å².